The maximum Gasteiger partial charge on any atom is 0.165 e. The van der Waals surface area contributed by atoms with E-state index in [1.54, 1.807) is 0 Å². The van der Waals surface area contributed by atoms with Crippen molar-refractivity contribution >= 4 is 0 Å². The Hall–Kier alpha value is -1.01. The molecule has 1 aliphatic heterocycles. The number of ether oxygens (including phenoxy) is 1. The largest absolute Gasteiger partial charge is 0.373 e. The third kappa shape index (κ3) is 2.56. The summed E-state index contributed by atoms with van der Waals surface area (Å²) in [5, 5.41) is 15.0. The summed E-state index contributed by atoms with van der Waals surface area (Å²) < 4.78 is 7.58. The molecule has 2 rings (SSSR count). The monoisotopic (exact) mass is 225 g/mol. The molecular formula is C10H19N5O. The van der Waals surface area contributed by atoms with Crippen molar-refractivity contribution in [1.82, 2.24) is 25.5 Å². The highest BCUT2D eigenvalue weighted by molar-refractivity contribution is 4.86. The van der Waals surface area contributed by atoms with Crippen LogP contribution in [0.4, 0.5) is 0 Å². The van der Waals surface area contributed by atoms with Crippen molar-refractivity contribution in [3.63, 3.8) is 0 Å². The minimum absolute atomic E-state index is 0.101. The highest BCUT2D eigenvalue weighted by Crippen LogP contribution is 2.26. The fraction of sp³-hybridized carbons (Fsp3) is 0.900. The summed E-state index contributed by atoms with van der Waals surface area (Å²) in [5.41, 5.74) is -0.101. The van der Waals surface area contributed by atoms with Crippen molar-refractivity contribution in [3.8, 4) is 0 Å². The summed E-state index contributed by atoms with van der Waals surface area (Å²) >= 11 is 0. The predicted octanol–water partition coefficient (Wildman–Crippen LogP) is 0.352. The molecule has 1 aromatic heterocycles. The van der Waals surface area contributed by atoms with Crippen LogP contribution in [0.1, 0.15) is 32.5 Å². The first-order valence-electron chi connectivity index (χ1n) is 5.83. The van der Waals surface area contributed by atoms with E-state index in [4.69, 9.17) is 4.74 Å². The van der Waals surface area contributed by atoms with Crippen LogP contribution in [0, 0.1) is 0 Å². The van der Waals surface area contributed by atoms with E-state index in [-0.39, 0.29) is 5.60 Å². The Morgan fingerprint density at radius 2 is 2.44 bits per heavy atom. The topological polar surface area (TPSA) is 64.9 Å². The van der Waals surface area contributed by atoms with E-state index in [0.29, 0.717) is 6.54 Å². The summed E-state index contributed by atoms with van der Waals surface area (Å²) in [4.78, 5) is 0. The van der Waals surface area contributed by atoms with E-state index in [2.05, 4.69) is 34.7 Å². The van der Waals surface area contributed by atoms with Gasteiger partial charge in [0.1, 0.15) is 0 Å². The van der Waals surface area contributed by atoms with Gasteiger partial charge in [0.2, 0.25) is 0 Å². The molecular weight excluding hydrogens is 206 g/mol. The molecule has 1 atom stereocenters. The van der Waals surface area contributed by atoms with Crippen molar-refractivity contribution in [2.24, 2.45) is 0 Å². The highest BCUT2D eigenvalue weighted by Gasteiger charge is 2.31. The molecule has 1 aromatic rings. The van der Waals surface area contributed by atoms with Gasteiger partial charge in [0.25, 0.3) is 0 Å². The molecule has 6 heteroatoms. The zero-order chi connectivity index (χ0) is 11.4. The summed E-state index contributed by atoms with van der Waals surface area (Å²) in [6.07, 6.45) is 2.20. The zero-order valence-electron chi connectivity index (χ0n) is 9.94. The molecule has 16 heavy (non-hydrogen) atoms. The molecule has 0 spiro atoms. The Morgan fingerprint density at radius 3 is 3.12 bits per heavy atom. The van der Waals surface area contributed by atoms with Gasteiger partial charge in [-0.15, -0.1) is 5.10 Å². The second-order valence-corrected chi connectivity index (χ2v) is 4.44. The first kappa shape index (κ1) is 11.5. The summed E-state index contributed by atoms with van der Waals surface area (Å²) in [5.74, 6) is 0.874. The van der Waals surface area contributed by atoms with Crippen molar-refractivity contribution in [1.29, 1.82) is 0 Å². The molecule has 1 N–H and O–H groups in total. The van der Waals surface area contributed by atoms with Crippen LogP contribution in [0.2, 0.25) is 0 Å². The Balaban J connectivity index is 2.00. The lowest BCUT2D eigenvalue weighted by Crippen LogP contribution is -2.31. The summed E-state index contributed by atoms with van der Waals surface area (Å²) in [6.45, 7) is 7.40. The molecule has 0 radical (unpaired) electrons. The Kier molecular flexibility index (Phi) is 3.50. The van der Waals surface area contributed by atoms with Crippen molar-refractivity contribution in [2.75, 3.05) is 13.2 Å². The molecule has 0 amide bonds. The fourth-order valence-corrected chi connectivity index (χ4v) is 1.99. The van der Waals surface area contributed by atoms with Crippen molar-refractivity contribution in [3.05, 3.63) is 5.82 Å². The molecule has 0 saturated carbocycles. The van der Waals surface area contributed by atoms with E-state index in [1.807, 2.05) is 4.68 Å². The number of hydrogen-bond acceptors (Lipinski definition) is 5. The van der Waals surface area contributed by atoms with Crippen molar-refractivity contribution < 1.29 is 4.74 Å². The Labute approximate surface area is 95.4 Å². The third-order valence-corrected chi connectivity index (χ3v) is 2.92. The van der Waals surface area contributed by atoms with Crippen molar-refractivity contribution in [2.45, 2.75) is 45.4 Å². The van der Waals surface area contributed by atoms with Crippen LogP contribution in [0.5, 0.6) is 0 Å². The van der Waals surface area contributed by atoms with Gasteiger partial charge in [-0.1, -0.05) is 6.92 Å². The molecule has 1 saturated heterocycles. The third-order valence-electron chi connectivity index (χ3n) is 2.92. The van der Waals surface area contributed by atoms with Gasteiger partial charge in [-0.3, -0.25) is 0 Å². The highest BCUT2D eigenvalue weighted by atomic mass is 16.5. The Bertz CT molecular complexity index is 332. The van der Waals surface area contributed by atoms with Gasteiger partial charge in [0.05, 0.1) is 18.7 Å². The average molecular weight is 225 g/mol. The molecule has 0 aliphatic carbocycles. The van der Waals surface area contributed by atoms with Crippen LogP contribution in [0.25, 0.3) is 0 Å². The van der Waals surface area contributed by atoms with Gasteiger partial charge in [-0.2, -0.15) is 0 Å². The number of nitrogens with zero attached hydrogens (tertiary/aromatic N) is 4. The molecule has 0 bridgehead atoms. The quantitative estimate of drug-likeness (QED) is 0.783. The van der Waals surface area contributed by atoms with Crippen LogP contribution in [-0.2, 0) is 17.8 Å². The number of rotatable bonds is 5. The van der Waals surface area contributed by atoms with Crippen LogP contribution in [0.3, 0.4) is 0 Å². The van der Waals surface area contributed by atoms with Gasteiger partial charge in [0, 0.05) is 6.61 Å². The fourth-order valence-electron chi connectivity index (χ4n) is 1.99. The van der Waals surface area contributed by atoms with E-state index < -0.39 is 0 Å². The lowest BCUT2D eigenvalue weighted by Gasteiger charge is -2.22. The summed E-state index contributed by atoms with van der Waals surface area (Å²) in [6, 6.07) is 0. The van der Waals surface area contributed by atoms with Gasteiger partial charge in [0.15, 0.2) is 5.82 Å². The maximum absolute atomic E-state index is 5.74. The van der Waals surface area contributed by atoms with Gasteiger partial charge < -0.3 is 10.1 Å². The number of nitrogens with one attached hydrogen (secondary N) is 1. The normalized spacial score (nSPS) is 25.1. The minimum Gasteiger partial charge on any atom is -0.373 e. The smallest absolute Gasteiger partial charge is 0.165 e. The van der Waals surface area contributed by atoms with Crippen LogP contribution in [-0.4, -0.2) is 39.0 Å². The molecule has 1 unspecified atom stereocenters. The van der Waals surface area contributed by atoms with E-state index in [9.17, 15) is 0 Å². The SMILES string of the molecule is CCNCc1nnnn1CC1(C)CCCO1. The second-order valence-electron chi connectivity index (χ2n) is 4.44. The first-order valence-corrected chi connectivity index (χ1v) is 5.83. The van der Waals surface area contributed by atoms with E-state index >= 15 is 0 Å². The molecule has 2 heterocycles. The average Bonchev–Trinajstić information content (AvgIpc) is 2.86. The molecule has 1 fully saturated rings. The van der Waals surface area contributed by atoms with Gasteiger partial charge in [-0.25, -0.2) is 4.68 Å². The lowest BCUT2D eigenvalue weighted by molar-refractivity contribution is 0.00245. The molecule has 90 valence electrons. The minimum atomic E-state index is -0.101. The molecule has 6 nitrogen and oxygen atoms in total. The maximum atomic E-state index is 5.74. The number of tetrazole rings is 1. The first-order chi connectivity index (χ1) is 7.73. The molecule has 1 aliphatic rings. The Morgan fingerprint density at radius 1 is 1.56 bits per heavy atom. The van der Waals surface area contributed by atoms with Crippen LogP contribution in [0.15, 0.2) is 0 Å². The van der Waals surface area contributed by atoms with Gasteiger partial charge >= 0.3 is 0 Å². The van der Waals surface area contributed by atoms with Crippen LogP contribution < -0.4 is 5.32 Å². The zero-order valence-corrected chi connectivity index (χ0v) is 9.94. The summed E-state index contributed by atoms with van der Waals surface area (Å²) in [7, 11) is 0. The molecule has 0 aromatic carbocycles. The number of hydrogen-bond donors (Lipinski definition) is 1. The van der Waals surface area contributed by atoms with Crippen LogP contribution >= 0.6 is 0 Å². The number of aromatic nitrogens is 4. The second kappa shape index (κ2) is 4.88. The van der Waals surface area contributed by atoms with E-state index in [1.165, 1.54) is 0 Å². The van der Waals surface area contributed by atoms with E-state index in [0.717, 1.165) is 38.4 Å². The predicted molar refractivity (Wildman–Crippen MR) is 58.8 cm³/mol. The van der Waals surface area contributed by atoms with Gasteiger partial charge in [-0.05, 0) is 36.7 Å². The standard InChI is InChI=1S/C10H19N5O/c1-3-11-7-9-12-13-14-15(9)8-10(2)5-4-6-16-10/h11H,3-8H2,1-2H3. The lowest BCUT2D eigenvalue weighted by atomic mass is 10.0.